The van der Waals surface area contributed by atoms with Crippen LogP contribution in [0.2, 0.25) is 0 Å². The molecule has 2 aromatic heterocycles. The summed E-state index contributed by atoms with van der Waals surface area (Å²) in [7, 11) is 0. The Morgan fingerprint density at radius 3 is 2.54 bits per heavy atom. The zero-order chi connectivity index (χ0) is 28.3. The van der Waals surface area contributed by atoms with Gasteiger partial charge in [0.1, 0.15) is 28.7 Å². The molecule has 1 aromatic carbocycles. The first-order chi connectivity index (χ1) is 18.2. The van der Waals surface area contributed by atoms with Crippen molar-refractivity contribution < 1.29 is 22.7 Å². The molecule has 1 saturated carbocycles. The first-order valence-corrected chi connectivity index (χ1v) is 12.6. The Hall–Kier alpha value is -4.01. The Kier molecular flexibility index (Phi) is 6.16. The van der Waals surface area contributed by atoms with E-state index < -0.39 is 17.3 Å². The van der Waals surface area contributed by atoms with Crippen molar-refractivity contribution in [1.82, 2.24) is 24.5 Å². The molecule has 1 aliphatic carbocycles. The van der Waals surface area contributed by atoms with E-state index >= 15 is 0 Å². The highest BCUT2D eigenvalue weighted by molar-refractivity contribution is 5.74. The van der Waals surface area contributed by atoms with Gasteiger partial charge in [-0.15, -0.1) is 0 Å². The zero-order valence-electron chi connectivity index (χ0n) is 22.2. The Bertz CT molecular complexity index is 1460. The van der Waals surface area contributed by atoms with Crippen molar-refractivity contribution in [3.63, 3.8) is 0 Å². The second-order valence-electron chi connectivity index (χ2n) is 11.6. The molecule has 206 valence electrons. The van der Waals surface area contributed by atoms with Gasteiger partial charge in [0.2, 0.25) is 0 Å². The smallest absolute Gasteiger partial charge is 0.416 e. The van der Waals surface area contributed by atoms with Gasteiger partial charge in [0.15, 0.2) is 0 Å². The number of aryl methyl sites for hydroxylation is 1. The van der Waals surface area contributed by atoms with Crippen molar-refractivity contribution in [1.29, 1.82) is 5.26 Å². The first-order valence-electron chi connectivity index (χ1n) is 12.6. The number of amides is 1. The number of nitrogen functional groups attached to an aromatic ring is 1. The van der Waals surface area contributed by atoms with Gasteiger partial charge >= 0.3 is 12.3 Å². The topological polar surface area (TPSA) is 115 Å². The summed E-state index contributed by atoms with van der Waals surface area (Å²) in [5, 5.41) is 19.0. The second kappa shape index (κ2) is 9.03. The molecule has 12 heteroatoms. The van der Waals surface area contributed by atoms with Crippen molar-refractivity contribution in [2.45, 2.75) is 64.9 Å². The maximum absolute atomic E-state index is 13.1. The number of halogens is 3. The number of rotatable bonds is 4. The summed E-state index contributed by atoms with van der Waals surface area (Å²) in [5.41, 5.74) is 7.35. The fourth-order valence-electron chi connectivity index (χ4n) is 5.48. The molecule has 0 bridgehead atoms. The van der Waals surface area contributed by atoms with Crippen LogP contribution in [0.25, 0.3) is 11.3 Å². The molecule has 9 nitrogen and oxygen atoms in total. The molecule has 1 saturated heterocycles. The number of nitriles is 1. The standard InChI is InChI=1S/C27H30F3N7O2/c1-16-21(13-36(33-16)12-17-6-5-7-18(8-17)27(28,29)30)22-20(11-31)23(32)37(34-22)19-9-26(10-19)14-35(15-26)24(38)39-25(2,3)4/h5-8,13,19H,9-10,12,14-15,32H2,1-4H3. The minimum atomic E-state index is -4.43. The monoisotopic (exact) mass is 541 g/mol. The third kappa shape index (κ3) is 5.05. The lowest BCUT2D eigenvalue weighted by Gasteiger charge is -2.58. The number of likely N-dealkylation sites (tertiary alicyclic amines) is 1. The summed E-state index contributed by atoms with van der Waals surface area (Å²) in [4.78, 5) is 14.0. The van der Waals surface area contributed by atoms with E-state index in [1.165, 1.54) is 10.7 Å². The lowest BCUT2D eigenvalue weighted by Crippen LogP contribution is -2.64. The molecule has 39 heavy (non-hydrogen) atoms. The number of carbonyl (C=O) groups excluding carboxylic acids is 1. The normalized spacial score (nSPS) is 17.0. The molecule has 2 fully saturated rings. The van der Waals surface area contributed by atoms with Gasteiger partial charge in [-0.05, 0) is 58.2 Å². The summed E-state index contributed by atoms with van der Waals surface area (Å²) >= 11 is 0. The average Bonchev–Trinajstić information content (AvgIpc) is 3.29. The number of ether oxygens (including phenoxy) is 1. The molecule has 1 amide bonds. The van der Waals surface area contributed by atoms with Crippen molar-refractivity contribution in [3.05, 3.63) is 52.8 Å². The molecule has 1 spiro atoms. The van der Waals surface area contributed by atoms with E-state index in [-0.39, 0.29) is 35.5 Å². The number of alkyl halides is 3. The summed E-state index contributed by atoms with van der Waals surface area (Å²) in [6.07, 6.45) is -1.52. The van der Waals surface area contributed by atoms with Crippen LogP contribution in [0, 0.1) is 23.7 Å². The molecule has 3 heterocycles. The van der Waals surface area contributed by atoms with E-state index in [2.05, 4.69) is 16.3 Å². The maximum Gasteiger partial charge on any atom is 0.416 e. The Balaban J connectivity index is 1.31. The molecular formula is C27H30F3N7O2. The zero-order valence-corrected chi connectivity index (χ0v) is 22.2. The quantitative estimate of drug-likeness (QED) is 0.489. The van der Waals surface area contributed by atoms with E-state index in [1.54, 1.807) is 28.8 Å². The third-order valence-corrected chi connectivity index (χ3v) is 7.25. The van der Waals surface area contributed by atoms with E-state index in [0.717, 1.165) is 25.0 Å². The molecule has 0 unspecified atom stereocenters. The van der Waals surface area contributed by atoms with Crippen LogP contribution < -0.4 is 5.73 Å². The molecule has 0 radical (unpaired) electrons. The molecule has 3 aromatic rings. The van der Waals surface area contributed by atoms with E-state index in [4.69, 9.17) is 10.5 Å². The van der Waals surface area contributed by atoms with Gasteiger partial charge in [0.25, 0.3) is 0 Å². The van der Waals surface area contributed by atoms with Gasteiger partial charge in [-0.2, -0.15) is 28.6 Å². The van der Waals surface area contributed by atoms with Crippen molar-refractivity contribution in [2.24, 2.45) is 5.41 Å². The van der Waals surface area contributed by atoms with Gasteiger partial charge < -0.3 is 15.4 Å². The van der Waals surface area contributed by atoms with Crippen LogP contribution >= 0.6 is 0 Å². The second-order valence-corrected chi connectivity index (χ2v) is 11.6. The van der Waals surface area contributed by atoms with Crippen LogP contribution in [0.15, 0.2) is 30.5 Å². The highest BCUT2D eigenvalue weighted by atomic mass is 19.4. The van der Waals surface area contributed by atoms with Gasteiger partial charge in [-0.3, -0.25) is 4.68 Å². The van der Waals surface area contributed by atoms with Crippen molar-refractivity contribution >= 4 is 11.9 Å². The number of aromatic nitrogens is 4. The number of hydrogen-bond donors (Lipinski definition) is 1. The number of nitrogens with zero attached hydrogens (tertiary/aromatic N) is 6. The maximum atomic E-state index is 13.1. The molecular weight excluding hydrogens is 511 g/mol. The fourth-order valence-corrected chi connectivity index (χ4v) is 5.48. The Labute approximate surface area is 223 Å². The van der Waals surface area contributed by atoms with Crippen LogP contribution in [-0.2, 0) is 17.5 Å². The van der Waals surface area contributed by atoms with Gasteiger partial charge in [0.05, 0.1) is 23.8 Å². The van der Waals surface area contributed by atoms with E-state index in [1.807, 2.05) is 20.8 Å². The summed E-state index contributed by atoms with van der Waals surface area (Å²) in [6.45, 7) is 8.61. The van der Waals surface area contributed by atoms with Gasteiger partial charge in [0, 0.05) is 30.3 Å². The van der Waals surface area contributed by atoms with Crippen LogP contribution in [0.4, 0.5) is 23.8 Å². The summed E-state index contributed by atoms with van der Waals surface area (Å²) < 4.78 is 48.0. The van der Waals surface area contributed by atoms with Crippen molar-refractivity contribution in [3.8, 4) is 17.3 Å². The summed E-state index contributed by atoms with van der Waals surface area (Å²) in [5.74, 6) is 0.265. The van der Waals surface area contributed by atoms with Crippen LogP contribution in [0.3, 0.4) is 0 Å². The average molecular weight is 542 g/mol. The van der Waals surface area contributed by atoms with Gasteiger partial charge in [-0.1, -0.05) is 12.1 Å². The lowest BCUT2D eigenvalue weighted by atomic mass is 9.61. The molecule has 0 atom stereocenters. The third-order valence-electron chi connectivity index (χ3n) is 7.25. The highest BCUT2D eigenvalue weighted by Gasteiger charge is 2.55. The minimum absolute atomic E-state index is 0.00131. The summed E-state index contributed by atoms with van der Waals surface area (Å²) in [6, 6.07) is 7.24. The van der Waals surface area contributed by atoms with E-state index in [9.17, 15) is 23.2 Å². The number of benzene rings is 1. The number of hydrogen-bond acceptors (Lipinski definition) is 6. The number of nitrogens with two attached hydrogens (primary N) is 1. The van der Waals surface area contributed by atoms with E-state index in [0.29, 0.717) is 35.6 Å². The SMILES string of the molecule is Cc1nn(Cc2cccc(C(F)(F)F)c2)cc1-c1nn(C2CC3(C2)CN(C(=O)OC(C)(C)C)C3)c(N)c1C#N. The number of anilines is 1. The molecule has 5 rings (SSSR count). The minimum Gasteiger partial charge on any atom is -0.444 e. The molecule has 2 aliphatic rings. The Morgan fingerprint density at radius 1 is 1.23 bits per heavy atom. The lowest BCUT2D eigenvalue weighted by molar-refractivity contribution is -0.137. The van der Waals surface area contributed by atoms with Crippen LogP contribution in [-0.4, -0.2) is 49.2 Å². The van der Waals surface area contributed by atoms with Crippen LogP contribution in [0.1, 0.15) is 62.0 Å². The fraction of sp³-hybridized carbons (Fsp3) is 0.481. The predicted octanol–water partition coefficient (Wildman–Crippen LogP) is 5.15. The molecule has 2 N–H and O–H groups in total. The first kappa shape index (κ1) is 26.6. The van der Waals surface area contributed by atoms with Gasteiger partial charge in [-0.25, -0.2) is 9.48 Å². The number of carbonyl (C=O) groups is 1. The highest BCUT2D eigenvalue weighted by Crippen LogP contribution is 2.55. The Morgan fingerprint density at radius 2 is 1.92 bits per heavy atom. The molecule has 1 aliphatic heterocycles. The van der Waals surface area contributed by atoms with Crippen LogP contribution in [0.5, 0.6) is 0 Å². The predicted molar refractivity (Wildman–Crippen MR) is 136 cm³/mol. The van der Waals surface area contributed by atoms with Crippen molar-refractivity contribution in [2.75, 3.05) is 18.8 Å². The largest absolute Gasteiger partial charge is 0.444 e.